The summed E-state index contributed by atoms with van der Waals surface area (Å²) >= 11 is 0. The van der Waals surface area contributed by atoms with Gasteiger partial charge in [-0.1, -0.05) is 52.8 Å². The Balaban J connectivity index is 3.00. The lowest BCUT2D eigenvalue weighted by molar-refractivity contribution is -0.137. The molecule has 1 unspecified atom stereocenters. The molecule has 0 heterocycles. The van der Waals surface area contributed by atoms with Crippen LogP contribution in [0.4, 0.5) is 0 Å². The third-order valence-electron chi connectivity index (χ3n) is 3.72. The minimum atomic E-state index is -0.852. The Kier molecular flexibility index (Phi) is 6.13. The van der Waals surface area contributed by atoms with Crippen molar-refractivity contribution in [3.8, 4) is 0 Å². The topological polar surface area (TPSA) is 54.4 Å². The van der Waals surface area contributed by atoms with Gasteiger partial charge in [-0.05, 0) is 28.9 Å². The third kappa shape index (κ3) is 5.00. The summed E-state index contributed by atoms with van der Waals surface area (Å²) in [4.78, 5) is 23.2. The van der Waals surface area contributed by atoms with Gasteiger partial charge >= 0.3 is 5.97 Å². The Morgan fingerprint density at radius 1 is 1.00 bits per heavy atom. The molecule has 0 aliphatic heterocycles. The first-order chi connectivity index (χ1) is 9.72. The van der Waals surface area contributed by atoms with Crippen LogP contribution < -0.4 is 0 Å². The Morgan fingerprint density at radius 2 is 1.62 bits per heavy atom. The van der Waals surface area contributed by atoms with Gasteiger partial charge < -0.3 is 5.11 Å². The zero-order valence-corrected chi connectivity index (χ0v) is 13.6. The third-order valence-corrected chi connectivity index (χ3v) is 3.72. The molecular weight excluding hydrogens is 264 g/mol. The van der Waals surface area contributed by atoms with Crippen LogP contribution in [0.3, 0.4) is 0 Å². The summed E-state index contributed by atoms with van der Waals surface area (Å²) in [7, 11) is 0. The second-order valence-electron chi connectivity index (χ2n) is 6.49. The van der Waals surface area contributed by atoms with Crippen LogP contribution in [-0.2, 0) is 4.79 Å². The first-order valence-electron chi connectivity index (χ1n) is 7.61. The molecule has 0 saturated heterocycles. The molecule has 3 nitrogen and oxygen atoms in total. The largest absolute Gasteiger partial charge is 0.481 e. The van der Waals surface area contributed by atoms with Gasteiger partial charge in [-0.2, -0.15) is 0 Å². The number of carbonyl (C=O) groups is 2. The number of carbonyl (C=O) groups excluding carboxylic acids is 1. The zero-order valence-electron chi connectivity index (χ0n) is 13.6. The van der Waals surface area contributed by atoms with E-state index in [9.17, 15) is 9.59 Å². The molecule has 0 fully saturated rings. The molecule has 0 bridgehead atoms. The van der Waals surface area contributed by atoms with Gasteiger partial charge in [0.05, 0.1) is 0 Å². The van der Waals surface area contributed by atoms with Gasteiger partial charge in [0.25, 0.3) is 0 Å². The van der Waals surface area contributed by atoms with E-state index in [2.05, 4.69) is 33.8 Å². The lowest BCUT2D eigenvalue weighted by atomic mass is 9.87. The number of ketones is 1. The molecule has 3 heteroatoms. The zero-order chi connectivity index (χ0) is 16.2. The fraction of sp³-hybridized carbons (Fsp3) is 0.556. The SMILES string of the molecule is CC(CC(=O)O)CC(=O)c1ccc(C(C)C)cc1C(C)C. The molecule has 0 aromatic heterocycles. The van der Waals surface area contributed by atoms with Crippen molar-refractivity contribution in [2.75, 3.05) is 0 Å². The summed E-state index contributed by atoms with van der Waals surface area (Å²) in [6, 6.07) is 6.02. The molecule has 1 N–H and O–H groups in total. The molecule has 0 spiro atoms. The van der Waals surface area contributed by atoms with E-state index in [1.165, 1.54) is 5.56 Å². The van der Waals surface area contributed by atoms with E-state index in [1.54, 1.807) is 0 Å². The lowest BCUT2D eigenvalue weighted by Gasteiger charge is -2.17. The summed E-state index contributed by atoms with van der Waals surface area (Å²) in [5, 5.41) is 8.80. The van der Waals surface area contributed by atoms with Crippen LogP contribution >= 0.6 is 0 Å². The summed E-state index contributed by atoms with van der Waals surface area (Å²) in [5.41, 5.74) is 3.04. The summed E-state index contributed by atoms with van der Waals surface area (Å²) in [6.45, 7) is 10.2. The van der Waals surface area contributed by atoms with E-state index < -0.39 is 5.97 Å². The second-order valence-corrected chi connectivity index (χ2v) is 6.49. The van der Waals surface area contributed by atoms with Gasteiger partial charge in [0.2, 0.25) is 0 Å². The summed E-state index contributed by atoms with van der Waals surface area (Å²) in [6.07, 6.45) is 0.319. The molecule has 1 aromatic rings. The van der Waals surface area contributed by atoms with Gasteiger partial charge in [0, 0.05) is 18.4 Å². The molecule has 21 heavy (non-hydrogen) atoms. The fourth-order valence-corrected chi connectivity index (χ4v) is 2.47. The van der Waals surface area contributed by atoms with Crippen LogP contribution in [-0.4, -0.2) is 16.9 Å². The van der Waals surface area contributed by atoms with E-state index in [-0.39, 0.29) is 30.5 Å². The van der Waals surface area contributed by atoms with Gasteiger partial charge in [-0.15, -0.1) is 0 Å². The van der Waals surface area contributed by atoms with Crippen molar-refractivity contribution in [1.82, 2.24) is 0 Å². The number of benzene rings is 1. The lowest BCUT2D eigenvalue weighted by Crippen LogP contribution is -2.13. The average molecular weight is 290 g/mol. The minimum absolute atomic E-state index is 0.0346. The Hall–Kier alpha value is -1.64. The number of hydrogen-bond acceptors (Lipinski definition) is 2. The Labute approximate surface area is 127 Å². The van der Waals surface area contributed by atoms with Gasteiger partial charge in [-0.25, -0.2) is 0 Å². The first kappa shape index (κ1) is 17.4. The highest BCUT2D eigenvalue weighted by atomic mass is 16.4. The molecule has 0 saturated carbocycles. The quantitative estimate of drug-likeness (QED) is 0.746. The summed E-state index contributed by atoms with van der Waals surface area (Å²) in [5.74, 6) is -0.243. The van der Waals surface area contributed by atoms with Crippen molar-refractivity contribution in [1.29, 1.82) is 0 Å². The number of aliphatic carboxylic acids is 1. The highest BCUT2D eigenvalue weighted by Crippen LogP contribution is 2.26. The van der Waals surface area contributed by atoms with Crippen LogP contribution in [0.2, 0.25) is 0 Å². The van der Waals surface area contributed by atoms with Gasteiger partial charge in [0.15, 0.2) is 5.78 Å². The van der Waals surface area contributed by atoms with Crippen molar-refractivity contribution >= 4 is 11.8 Å². The number of carboxylic acids is 1. The number of hydrogen-bond donors (Lipinski definition) is 1. The second kappa shape index (κ2) is 7.39. The van der Waals surface area contributed by atoms with Crippen LogP contribution in [0.25, 0.3) is 0 Å². The minimum Gasteiger partial charge on any atom is -0.481 e. The molecule has 0 radical (unpaired) electrons. The van der Waals surface area contributed by atoms with Crippen molar-refractivity contribution in [2.45, 2.75) is 59.3 Å². The van der Waals surface area contributed by atoms with E-state index in [0.29, 0.717) is 5.92 Å². The standard InChI is InChI=1S/C18H26O3/c1-11(2)14-6-7-15(16(10-14)12(3)4)17(19)8-13(5)9-18(20)21/h6-7,10-13H,8-9H2,1-5H3,(H,20,21). The first-order valence-corrected chi connectivity index (χ1v) is 7.61. The van der Waals surface area contributed by atoms with Gasteiger partial charge in [0.1, 0.15) is 0 Å². The molecule has 0 aliphatic carbocycles. The number of carboxylic acid groups (broad SMARTS) is 1. The van der Waals surface area contributed by atoms with Crippen LogP contribution in [0, 0.1) is 5.92 Å². The predicted octanol–water partition coefficient (Wildman–Crippen LogP) is 4.62. The smallest absolute Gasteiger partial charge is 0.303 e. The maximum absolute atomic E-state index is 12.5. The monoisotopic (exact) mass is 290 g/mol. The molecule has 116 valence electrons. The highest BCUT2D eigenvalue weighted by Gasteiger charge is 2.18. The van der Waals surface area contributed by atoms with Crippen molar-refractivity contribution < 1.29 is 14.7 Å². The highest BCUT2D eigenvalue weighted by molar-refractivity contribution is 5.98. The van der Waals surface area contributed by atoms with E-state index in [1.807, 2.05) is 19.1 Å². The molecule has 0 aliphatic rings. The summed E-state index contributed by atoms with van der Waals surface area (Å²) < 4.78 is 0. The molecule has 1 aromatic carbocycles. The maximum Gasteiger partial charge on any atom is 0.303 e. The number of rotatable bonds is 7. The van der Waals surface area contributed by atoms with Crippen LogP contribution in [0.5, 0.6) is 0 Å². The van der Waals surface area contributed by atoms with E-state index >= 15 is 0 Å². The van der Waals surface area contributed by atoms with Crippen molar-refractivity contribution in [3.63, 3.8) is 0 Å². The normalized spacial score (nSPS) is 12.7. The number of Topliss-reactive ketones (excluding diaryl/α,β-unsaturated/α-hetero) is 1. The van der Waals surface area contributed by atoms with Crippen molar-refractivity contribution in [3.05, 3.63) is 34.9 Å². The van der Waals surface area contributed by atoms with Crippen molar-refractivity contribution in [2.24, 2.45) is 5.92 Å². The van der Waals surface area contributed by atoms with E-state index in [0.717, 1.165) is 11.1 Å². The van der Waals surface area contributed by atoms with Gasteiger partial charge in [-0.3, -0.25) is 9.59 Å². The molecular formula is C18H26O3. The fourth-order valence-electron chi connectivity index (χ4n) is 2.47. The molecule has 1 atom stereocenters. The molecule has 1 rings (SSSR count). The van der Waals surface area contributed by atoms with Crippen LogP contribution in [0.15, 0.2) is 18.2 Å². The predicted molar refractivity (Wildman–Crippen MR) is 85.0 cm³/mol. The van der Waals surface area contributed by atoms with Crippen LogP contribution in [0.1, 0.15) is 80.8 Å². The maximum atomic E-state index is 12.5. The van der Waals surface area contributed by atoms with E-state index in [4.69, 9.17) is 5.11 Å². The Morgan fingerprint density at radius 3 is 2.10 bits per heavy atom. The molecule has 0 amide bonds. The average Bonchev–Trinajstić information content (AvgIpc) is 2.36. The Bertz CT molecular complexity index is 515.